The van der Waals surface area contributed by atoms with Crippen molar-refractivity contribution in [2.24, 2.45) is 5.41 Å². The third-order valence-corrected chi connectivity index (χ3v) is 4.87. The lowest BCUT2D eigenvalue weighted by molar-refractivity contribution is 0.0510. The normalized spacial score (nSPS) is 16.6. The van der Waals surface area contributed by atoms with E-state index in [2.05, 4.69) is 15.7 Å². The average Bonchev–Trinajstić information content (AvgIpc) is 3.11. The molecule has 1 aliphatic heterocycles. The van der Waals surface area contributed by atoms with E-state index in [1.807, 2.05) is 12.1 Å². The molecule has 1 saturated heterocycles. The highest BCUT2D eigenvalue weighted by Gasteiger charge is 2.32. The van der Waals surface area contributed by atoms with Crippen LogP contribution in [0.15, 0.2) is 36.5 Å². The molecule has 0 unspecified atom stereocenters. The Hall–Kier alpha value is -1.89. The number of carbonyl (C=O) groups excluding carboxylic acids is 1. The van der Waals surface area contributed by atoms with Crippen LogP contribution in [0.1, 0.15) is 23.3 Å². The van der Waals surface area contributed by atoms with E-state index in [1.54, 1.807) is 36.2 Å². The first-order valence-electron chi connectivity index (χ1n) is 8.41. The van der Waals surface area contributed by atoms with Gasteiger partial charge in [-0.3, -0.25) is 4.79 Å². The Balaban J connectivity index is 1.65. The predicted octanol–water partition coefficient (Wildman–Crippen LogP) is 2.27. The number of amides is 1. The number of hydrogen-bond donors (Lipinski definition) is 2. The maximum Gasteiger partial charge on any atom is 0.271 e. The molecule has 0 atom stereocenters. The topological polar surface area (TPSA) is 68.2 Å². The lowest BCUT2D eigenvalue weighted by Gasteiger charge is -2.37. The van der Waals surface area contributed by atoms with Crippen LogP contribution in [0.2, 0.25) is 5.02 Å². The molecule has 0 radical (unpaired) electrons. The SMILES string of the molecule is COCC1(CNC(=O)c2ccn(-c3cccc(Cl)c3)n2)CCNCC1. The number of hydrogen-bond acceptors (Lipinski definition) is 4. The molecule has 25 heavy (non-hydrogen) atoms. The molecular formula is C18H23ClN4O2. The summed E-state index contributed by atoms with van der Waals surface area (Å²) in [4.78, 5) is 12.5. The van der Waals surface area contributed by atoms with E-state index in [4.69, 9.17) is 16.3 Å². The molecule has 1 fully saturated rings. The number of piperidine rings is 1. The summed E-state index contributed by atoms with van der Waals surface area (Å²) >= 11 is 6.01. The van der Waals surface area contributed by atoms with Crippen LogP contribution < -0.4 is 10.6 Å². The number of halogens is 1. The van der Waals surface area contributed by atoms with E-state index >= 15 is 0 Å². The molecule has 6 nitrogen and oxygen atoms in total. The van der Waals surface area contributed by atoms with Crippen molar-refractivity contribution in [3.8, 4) is 5.69 Å². The number of benzene rings is 1. The lowest BCUT2D eigenvalue weighted by Crippen LogP contribution is -2.47. The highest BCUT2D eigenvalue weighted by Crippen LogP contribution is 2.28. The number of rotatable bonds is 6. The third-order valence-electron chi connectivity index (χ3n) is 4.63. The fraction of sp³-hybridized carbons (Fsp3) is 0.444. The van der Waals surface area contributed by atoms with Gasteiger partial charge in [0.15, 0.2) is 5.69 Å². The Bertz CT molecular complexity index is 720. The van der Waals surface area contributed by atoms with E-state index in [1.165, 1.54) is 0 Å². The van der Waals surface area contributed by atoms with Crippen molar-refractivity contribution in [3.63, 3.8) is 0 Å². The number of aromatic nitrogens is 2. The largest absolute Gasteiger partial charge is 0.384 e. The fourth-order valence-electron chi connectivity index (χ4n) is 3.20. The van der Waals surface area contributed by atoms with Gasteiger partial charge in [0.1, 0.15) is 0 Å². The number of methoxy groups -OCH3 is 1. The van der Waals surface area contributed by atoms with E-state index in [9.17, 15) is 4.79 Å². The van der Waals surface area contributed by atoms with Crippen molar-refractivity contribution in [1.29, 1.82) is 0 Å². The Morgan fingerprint density at radius 1 is 1.40 bits per heavy atom. The van der Waals surface area contributed by atoms with Crippen molar-refractivity contribution in [3.05, 3.63) is 47.2 Å². The van der Waals surface area contributed by atoms with E-state index < -0.39 is 0 Å². The molecule has 0 spiro atoms. The summed E-state index contributed by atoms with van der Waals surface area (Å²) in [6, 6.07) is 9.06. The summed E-state index contributed by atoms with van der Waals surface area (Å²) < 4.78 is 7.03. The van der Waals surface area contributed by atoms with Crippen molar-refractivity contribution in [2.75, 3.05) is 33.4 Å². The molecular weight excluding hydrogens is 340 g/mol. The first-order chi connectivity index (χ1) is 12.1. The summed E-state index contributed by atoms with van der Waals surface area (Å²) in [6.07, 6.45) is 3.73. The molecule has 134 valence electrons. The predicted molar refractivity (Wildman–Crippen MR) is 97.3 cm³/mol. The number of ether oxygens (including phenoxy) is 1. The molecule has 0 bridgehead atoms. The molecule has 1 aliphatic rings. The van der Waals surface area contributed by atoms with Gasteiger partial charge in [0, 0.05) is 30.3 Å². The first-order valence-corrected chi connectivity index (χ1v) is 8.79. The minimum atomic E-state index is -0.171. The Kier molecular flexibility index (Phi) is 5.73. The molecule has 2 aromatic rings. The van der Waals surface area contributed by atoms with Gasteiger partial charge in [-0.2, -0.15) is 5.10 Å². The van der Waals surface area contributed by atoms with Crippen molar-refractivity contribution in [1.82, 2.24) is 20.4 Å². The molecule has 2 N–H and O–H groups in total. The van der Waals surface area contributed by atoms with E-state index in [-0.39, 0.29) is 11.3 Å². The molecule has 0 aliphatic carbocycles. The van der Waals surface area contributed by atoms with Gasteiger partial charge < -0.3 is 15.4 Å². The van der Waals surface area contributed by atoms with Gasteiger partial charge in [0.25, 0.3) is 5.91 Å². The van der Waals surface area contributed by atoms with Crippen LogP contribution in [0.25, 0.3) is 5.69 Å². The summed E-state index contributed by atoms with van der Waals surface area (Å²) in [5.74, 6) is -0.171. The van der Waals surface area contributed by atoms with Gasteiger partial charge in [-0.15, -0.1) is 0 Å². The lowest BCUT2D eigenvalue weighted by atomic mass is 9.79. The summed E-state index contributed by atoms with van der Waals surface area (Å²) in [5.41, 5.74) is 1.20. The van der Waals surface area contributed by atoms with Crippen LogP contribution in [0.5, 0.6) is 0 Å². The minimum Gasteiger partial charge on any atom is -0.384 e. The molecule has 3 rings (SSSR count). The molecule has 1 aromatic carbocycles. The van der Waals surface area contributed by atoms with Gasteiger partial charge in [0.2, 0.25) is 0 Å². The van der Waals surface area contributed by atoms with Gasteiger partial charge in [-0.1, -0.05) is 17.7 Å². The van der Waals surface area contributed by atoms with Crippen LogP contribution in [0.4, 0.5) is 0 Å². The second kappa shape index (κ2) is 7.99. The highest BCUT2D eigenvalue weighted by molar-refractivity contribution is 6.30. The van der Waals surface area contributed by atoms with Crippen molar-refractivity contribution in [2.45, 2.75) is 12.8 Å². The maximum absolute atomic E-state index is 12.5. The maximum atomic E-state index is 12.5. The zero-order chi connectivity index (χ0) is 17.7. The fourth-order valence-corrected chi connectivity index (χ4v) is 3.39. The minimum absolute atomic E-state index is 0.00875. The molecule has 0 saturated carbocycles. The summed E-state index contributed by atoms with van der Waals surface area (Å²) in [7, 11) is 1.71. The van der Waals surface area contributed by atoms with Crippen molar-refractivity contribution < 1.29 is 9.53 Å². The second-order valence-corrected chi connectivity index (χ2v) is 6.93. The van der Waals surface area contributed by atoms with E-state index in [0.717, 1.165) is 31.6 Å². The smallest absolute Gasteiger partial charge is 0.271 e. The molecule has 7 heteroatoms. The Labute approximate surface area is 152 Å². The second-order valence-electron chi connectivity index (χ2n) is 6.49. The van der Waals surface area contributed by atoms with Gasteiger partial charge in [0.05, 0.1) is 12.3 Å². The zero-order valence-corrected chi connectivity index (χ0v) is 15.1. The Morgan fingerprint density at radius 2 is 2.20 bits per heavy atom. The quantitative estimate of drug-likeness (QED) is 0.827. The zero-order valence-electron chi connectivity index (χ0n) is 14.3. The van der Waals surface area contributed by atoms with Gasteiger partial charge in [-0.05, 0) is 50.2 Å². The van der Waals surface area contributed by atoms with Crippen LogP contribution >= 0.6 is 11.6 Å². The van der Waals surface area contributed by atoms with Crippen LogP contribution in [-0.2, 0) is 4.74 Å². The van der Waals surface area contributed by atoms with Crippen molar-refractivity contribution >= 4 is 17.5 Å². The number of carbonyl (C=O) groups is 1. The number of nitrogens with zero attached hydrogens (tertiary/aromatic N) is 2. The molecule has 1 amide bonds. The van der Waals surface area contributed by atoms with Crippen LogP contribution in [0.3, 0.4) is 0 Å². The van der Waals surface area contributed by atoms with E-state index in [0.29, 0.717) is 23.9 Å². The van der Waals surface area contributed by atoms with Gasteiger partial charge >= 0.3 is 0 Å². The first kappa shape index (κ1) is 17.9. The Morgan fingerprint density at radius 3 is 2.92 bits per heavy atom. The third kappa shape index (κ3) is 4.39. The molecule has 1 aromatic heterocycles. The monoisotopic (exact) mass is 362 g/mol. The summed E-state index contributed by atoms with van der Waals surface area (Å²) in [5, 5.41) is 11.4. The number of nitrogens with one attached hydrogen (secondary N) is 2. The molecule has 2 heterocycles. The van der Waals surface area contributed by atoms with Gasteiger partial charge in [-0.25, -0.2) is 4.68 Å². The average molecular weight is 363 g/mol. The van der Waals surface area contributed by atoms with Crippen LogP contribution in [0, 0.1) is 5.41 Å². The highest BCUT2D eigenvalue weighted by atomic mass is 35.5. The standard InChI is InChI=1S/C18H23ClN4O2/c1-25-13-18(6-8-20-9-7-18)12-21-17(24)16-5-10-23(22-16)15-4-2-3-14(19)11-15/h2-5,10-11,20H,6-9,12-13H2,1H3,(H,21,24). The van der Waals surface area contributed by atoms with Crippen LogP contribution in [-0.4, -0.2) is 49.0 Å². The summed E-state index contributed by atoms with van der Waals surface area (Å²) in [6.45, 7) is 3.13.